The molecule has 6 nitrogen and oxygen atoms in total. The highest BCUT2D eigenvalue weighted by Crippen LogP contribution is 2.27. The number of rotatable bonds is 5. The summed E-state index contributed by atoms with van der Waals surface area (Å²) in [6.45, 7) is 0.294. The van der Waals surface area contributed by atoms with Crippen LogP contribution < -0.4 is 5.32 Å². The van der Waals surface area contributed by atoms with E-state index in [0.29, 0.717) is 16.7 Å². The predicted octanol–water partition coefficient (Wildman–Crippen LogP) is 3.51. The van der Waals surface area contributed by atoms with Gasteiger partial charge in [-0.25, -0.2) is 12.8 Å². The van der Waals surface area contributed by atoms with Crippen molar-refractivity contribution >= 4 is 37.1 Å². The molecule has 23 heavy (non-hydrogen) atoms. The topological polar surface area (TPSA) is 89.3 Å². The Morgan fingerprint density at radius 1 is 1.26 bits per heavy atom. The molecule has 2 aromatic carbocycles. The van der Waals surface area contributed by atoms with Gasteiger partial charge in [0.1, 0.15) is 10.7 Å². The maximum atomic E-state index is 13.0. The molecular weight excluding hydrogens is 391 g/mol. The number of benzene rings is 2. The van der Waals surface area contributed by atoms with E-state index in [2.05, 4.69) is 21.2 Å². The highest BCUT2D eigenvalue weighted by molar-refractivity contribution is 9.10. The van der Waals surface area contributed by atoms with Crippen molar-refractivity contribution < 1.29 is 17.7 Å². The summed E-state index contributed by atoms with van der Waals surface area (Å²) in [5, 5.41) is 13.9. The lowest BCUT2D eigenvalue weighted by atomic mass is 10.2. The Morgan fingerprint density at radius 3 is 2.52 bits per heavy atom. The number of hydrogen-bond acceptors (Lipinski definition) is 5. The molecule has 2 rings (SSSR count). The number of nitrogens with zero attached hydrogens (tertiary/aromatic N) is 1. The van der Waals surface area contributed by atoms with E-state index in [-0.39, 0.29) is 10.7 Å². The Kier molecular flexibility index (Phi) is 5.00. The van der Waals surface area contributed by atoms with Gasteiger partial charge in [0, 0.05) is 29.0 Å². The highest BCUT2D eigenvalue weighted by Gasteiger charge is 2.22. The largest absolute Gasteiger partial charge is 0.381 e. The molecule has 0 heterocycles. The summed E-state index contributed by atoms with van der Waals surface area (Å²) in [6.07, 6.45) is 0.912. The zero-order valence-electron chi connectivity index (χ0n) is 11.9. The predicted molar refractivity (Wildman–Crippen MR) is 87.6 cm³/mol. The summed E-state index contributed by atoms with van der Waals surface area (Å²) in [4.78, 5) is 9.82. The van der Waals surface area contributed by atoms with Crippen LogP contribution in [0.25, 0.3) is 0 Å². The van der Waals surface area contributed by atoms with Crippen molar-refractivity contribution in [2.45, 2.75) is 11.4 Å². The van der Waals surface area contributed by atoms with Gasteiger partial charge in [-0.2, -0.15) is 0 Å². The van der Waals surface area contributed by atoms with Crippen molar-refractivity contribution in [2.75, 3.05) is 11.6 Å². The number of nitrogens with one attached hydrogen (secondary N) is 1. The first kappa shape index (κ1) is 17.4. The molecule has 0 fully saturated rings. The van der Waals surface area contributed by atoms with Gasteiger partial charge in [-0.05, 0) is 29.8 Å². The fraction of sp³-hybridized carbons (Fsp3) is 0.143. The molecule has 2 aromatic rings. The third-order valence-corrected chi connectivity index (χ3v) is 4.92. The summed E-state index contributed by atoms with van der Waals surface area (Å²) in [6, 6.07) is 7.97. The summed E-state index contributed by atoms with van der Waals surface area (Å²) in [7, 11) is -3.74. The Labute approximate surface area is 140 Å². The van der Waals surface area contributed by atoms with Crippen molar-refractivity contribution in [3.63, 3.8) is 0 Å². The van der Waals surface area contributed by atoms with Gasteiger partial charge in [0.05, 0.1) is 4.92 Å². The van der Waals surface area contributed by atoms with Crippen LogP contribution >= 0.6 is 15.9 Å². The number of anilines is 1. The number of nitro groups is 1. The van der Waals surface area contributed by atoms with Crippen LogP contribution in [0.15, 0.2) is 45.8 Å². The smallest absolute Gasteiger partial charge is 0.288 e. The third-order valence-electron chi connectivity index (χ3n) is 3.05. The van der Waals surface area contributed by atoms with Crippen molar-refractivity contribution in [1.82, 2.24) is 0 Å². The lowest BCUT2D eigenvalue weighted by molar-refractivity contribution is -0.387. The second-order valence-corrected chi connectivity index (χ2v) is 7.64. The van der Waals surface area contributed by atoms with Gasteiger partial charge >= 0.3 is 0 Å². The Balaban J connectivity index is 2.29. The van der Waals surface area contributed by atoms with Crippen LogP contribution in [-0.4, -0.2) is 19.6 Å². The minimum atomic E-state index is -3.74. The van der Waals surface area contributed by atoms with Crippen molar-refractivity contribution in [1.29, 1.82) is 0 Å². The number of sulfone groups is 1. The van der Waals surface area contributed by atoms with Gasteiger partial charge in [0.2, 0.25) is 0 Å². The Morgan fingerprint density at radius 2 is 1.96 bits per heavy atom. The number of hydrogen-bond donors (Lipinski definition) is 1. The van der Waals surface area contributed by atoms with E-state index in [4.69, 9.17) is 0 Å². The van der Waals surface area contributed by atoms with Crippen molar-refractivity contribution in [2.24, 2.45) is 0 Å². The maximum Gasteiger partial charge on any atom is 0.288 e. The molecule has 0 aromatic heterocycles. The van der Waals surface area contributed by atoms with E-state index in [9.17, 15) is 22.9 Å². The fourth-order valence-electron chi connectivity index (χ4n) is 1.93. The molecule has 0 amide bonds. The summed E-state index contributed by atoms with van der Waals surface area (Å²) >= 11 is 3.23. The molecule has 0 saturated heterocycles. The van der Waals surface area contributed by atoms with Crippen LogP contribution in [0.5, 0.6) is 0 Å². The molecule has 0 aliphatic carbocycles. The van der Waals surface area contributed by atoms with E-state index in [1.807, 2.05) is 0 Å². The summed E-state index contributed by atoms with van der Waals surface area (Å²) < 4.78 is 37.0. The van der Waals surface area contributed by atoms with Crippen LogP contribution in [0.4, 0.5) is 15.8 Å². The first-order valence-electron chi connectivity index (χ1n) is 6.35. The van der Waals surface area contributed by atoms with E-state index in [0.717, 1.165) is 17.9 Å². The number of halogens is 2. The van der Waals surface area contributed by atoms with Gasteiger partial charge in [-0.3, -0.25) is 10.1 Å². The molecule has 0 saturated carbocycles. The monoisotopic (exact) mass is 402 g/mol. The average molecular weight is 403 g/mol. The molecule has 1 N–H and O–H groups in total. The maximum absolute atomic E-state index is 13.0. The second kappa shape index (κ2) is 6.63. The first-order chi connectivity index (χ1) is 10.7. The zero-order chi connectivity index (χ0) is 17.2. The highest BCUT2D eigenvalue weighted by atomic mass is 79.9. The molecule has 122 valence electrons. The second-order valence-electron chi connectivity index (χ2n) is 4.80. The molecule has 0 aliphatic rings. The molecule has 0 aliphatic heterocycles. The quantitative estimate of drug-likeness (QED) is 0.610. The third kappa shape index (κ3) is 4.26. The summed E-state index contributed by atoms with van der Waals surface area (Å²) in [5.74, 6) is -0.379. The van der Waals surface area contributed by atoms with Gasteiger partial charge in [-0.15, -0.1) is 0 Å². The molecule has 0 radical (unpaired) electrons. The lowest BCUT2D eigenvalue weighted by Gasteiger charge is -2.10. The van der Waals surface area contributed by atoms with E-state index < -0.39 is 20.4 Å². The van der Waals surface area contributed by atoms with E-state index in [1.54, 1.807) is 6.07 Å². The van der Waals surface area contributed by atoms with Gasteiger partial charge < -0.3 is 5.32 Å². The van der Waals surface area contributed by atoms with Crippen molar-refractivity contribution in [3.8, 4) is 0 Å². The molecule has 0 bridgehead atoms. The average Bonchev–Trinajstić information content (AvgIpc) is 2.45. The standard InChI is InChI=1S/C14H12BrFN2O4S/c1-23(21,22)14-7-11(4-5-13(14)18(19)20)17-8-9-2-3-10(16)6-12(9)15/h2-7,17H,8H2,1H3. The first-order valence-corrected chi connectivity index (χ1v) is 9.03. The van der Waals surface area contributed by atoms with Crippen LogP contribution in [-0.2, 0) is 16.4 Å². The molecule has 0 unspecified atom stereocenters. The number of nitro benzene ring substituents is 1. The minimum Gasteiger partial charge on any atom is -0.381 e. The van der Waals surface area contributed by atoms with E-state index in [1.165, 1.54) is 24.3 Å². The van der Waals surface area contributed by atoms with Gasteiger partial charge in [-0.1, -0.05) is 22.0 Å². The normalized spacial score (nSPS) is 11.3. The van der Waals surface area contributed by atoms with Crippen LogP contribution in [0.1, 0.15) is 5.56 Å². The zero-order valence-corrected chi connectivity index (χ0v) is 14.3. The van der Waals surface area contributed by atoms with Crippen LogP contribution in [0.3, 0.4) is 0 Å². The SMILES string of the molecule is CS(=O)(=O)c1cc(NCc2ccc(F)cc2Br)ccc1[N+](=O)[O-]. The lowest BCUT2D eigenvalue weighted by Crippen LogP contribution is -2.05. The van der Waals surface area contributed by atoms with E-state index >= 15 is 0 Å². The van der Waals surface area contributed by atoms with Crippen LogP contribution in [0, 0.1) is 15.9 Å². The van der Waals surface area contributed by atoms with Gasteiger partial charge in [0.15, 0.2) is 9.84 Å². The van der Waals surface area contributed by atoms with Gasteiger partial charge in [0.25, 0.3) is 5.69 Å². The summed E-state index contributed by atoms with van der Waals surface area (Å²) in [5.41, 5.74) is 0.693. The fourth-order valence-corrected chi connectivity index (χ4v) is 3.29. The Hall–Kier alpha value is -2.00. The Bertz CT molecular complexity index is 871. The molecule has 9 heteroatoms. The molecule has 0 atom stereocenters. The molecular formula is C14H12BrFN2O4S. The van der Waals surface area contributed by atoms with Crippen molar-refractivity contribution in [3.05, 3.63) is 62.4 Å². The molecule has 0 spiro atoms. The van der Waals surface area contributed by atoms with Crippen LogP contribution in [0.2, 0.25) is 0 Å². The minimum absolute atomic E-state index is 0.294.